The van der Waals surface area contributed by atoms with Gasteiger partial charge in [-0.2, -0.15) is 0 Å². The van der Waals surface area contributed by atoms with Crippen LogP contribution in [0.4, 0.5) is 5.82 Å². The Morgan fingerprint density at radius 1 is 1.44 bits per heavy atom. The molecule has 0 spiro atoms. The zero-order valence-electron chi connectivity index (χ0n) is 9.39. The van der Waals surface area contributed by atoms with Gasteiger partial charge >= 0.3 is 0 Å². The molecule has 0 unspecified atom stereocenters. The van der Waals surface area contributed by atoms with Crippen LogP contribution < -0.4 is 5.32 Å². The summed E-state index contributed by atoms with van der Waals surface area (Å²) in [4.78, 5) is 4.37. The van der Waals surface area contributed by atoms with E-state index in [1.165, 1.54) is 25.7 Å². The largest absolute Gasteiger partial charge is 0.369 e. The first-order chi connectivity index (χ1) is 7.65. The molecule has 1 saturated carbocycles. The average Bonchev–Trinajstić information content (AvgIpc) is 2.19. The summed E-state index contributed by atoms with van der Waals surface area (Å²) in [5, 5.41) is 3.46. The van der Waals surface area contributed by atoms with Crippen molar-refractivity contribution >= 4 is 37.7 Å². The van der Waals surface area contributed by atoms with E-state index in [0.29, 0.717) is 5.41 Å². The summed E-state index contributed by atoms with van der Waals surface area (Å²) in [6.45, 7) is 3.32. The smallest absolute Gasteiger partial charge is 0.140 e. The molecule has 0 radical (unpaired) electrons. The zero-order chi connectivity index (χ0) is 11.6. The van der Waals surface area contributed by atoms with E-state index < -0.39 is 0 Å². The van der Waals surface area contributed by atoms with E-state index in [-0.39, 0.29) is 0 Å². The third-order valence-electron chi connectivity index (χ3n) is 3.60. The molecule has 0 aromatic carbocycles. The van der Waals surface area contributed by atoms with Crippen LogP contribution in [0.25, 0.3) is 0 Å². The molecule has 16 heavy (non-hydrogen) atoms. The average molecular weight is 348 g/mol. The first-order valence-corrected chi connectivity index (χ1v) is 7.29. The molecule has 1 aliphatic rings. The minimum Gasteiger partial charge on any atom is -0.369 e. The highest BCUT2D eigenvalue weighted by Crippen LogP contribution is 2.43. The molecule has 2 rings (SSSR count). The second-order valence-electron chi connectivity index (χ2n) is 4.54. The molecule has 1 aliphatic carbocycles. The molecule has 1 N–H and O–H groups in total. The van der Waals surface area contributed by atoms with E-state index >= 15 is 0 Å². The number of hydrogen-bond donors (Lipinski definition) is 1. The molecule has 0 amide bonds. The molecule has 4 heteroatoms. The van der Waals surface area contributed by atoms with E-state index in [9.17, 15) is 0 Å². The standard InChI is InChI=1S/C12H16Br2N2/c1-2-12(4-3-5-12)8-16-11-10(14)6-9(13)7-15-11/h6-7H,2-5,8H2,1H3,(H,15,16). The lowest BCUT2D eigenvalue weighted by molar-refractivity contribution is 0.145. The van der Waals surface area contributed by atoms with Gasteiger partial charge < -0.3 is 5.32 Å². The fourth-order valence-electron chi connectivity index (χ4n) is 2.15. The summed E-state index contributed by atoms with van der Waals surface area (Å²) >= 11 is 6.93. The van der Waals surface area contributed by atoms with Crippen LogP contribution in [-0.2, 0) is 0 Å². The number of rotatable bonds is 4. The summed E-state index contributed by atoms with van der Waals surface area (Å²) in [7, 11) is 0. The lowest BCUT2D eigenvalue weighted by Gasteiger charge is -2.41. The maximum atomic E-state index is 4.37. The molecule has 0 saturated heterocycles. The van der Waals surface area contributed by atoms with Crippen LogP contribution in [-0.4, -0.2) is 11.5 Å². The molecule has 0 bridgehead atoms. The minimum absolute atomic E-state index is 0.522. The Kier molecular flexibility index (Phi) is 3.90. The predicted molar refractivity (Wildman–Crippen MR) is 74.7 cm³/mol. The monoisotopic (exact) mass is 346 g/mol. The third kappa shape index (κ3) is 2.59. The van der Waals surface area contributed by atoms with Crippen molar-refractivity contribution in [2.24, 2.45) is 5.41 Å². The summed E-state index contributed by atoms with van der Waals surface area (Å²) in [5.41, 5.74) is 0.522. The van der Waals surface area contributed by atoms with Crippen molar-refractivity contribution in [3.8, 4) is 0 Å². The van der Waals surface area contributed by atoms with Crippen LogP contribution in [0.5, 0.6) is 0 Å². The number of hydrogen-bond acceptors (Lipinski definition) is 2. The van der Waals surface area contributed by atoms with Crippen LogP contribution in [0.3, 0.4) is 0 Å². The van der Waals surface area contributed by atoms with Gasteiger partial charge in [0, 0.05) is 17.2 Å². The maximum Gasteiger partial charge on any atom is 0.140 e. The van der Waals surface area contributed by atoms with Crippen molar-refractivity contribution in [1.82, 2.24) is 4.98 Å². The van der Waals surface area contributed by atoms with Gasteiger partial charge in [-0.1, -0.05) is 13.3 Å². The van der Waals surface area contributed by atoms with Crippen LogP contribution in [0.15, 0.2) is 21.2 Å². The molecular weight excluding hydrogens is 332 g/mol. The molecule has 0 aliphatic heterocycles. The number of anilines is 1. The van der Waals surface area contributed by atoms with E-state index in [2.05, 4.69) is 49.1 Å². The molecule has 1 heterocycles. The Labute approximate surface area is 113 Å². The maximum absolute atomic E-state index is 4.37. The zero-order valence-corrected chi connectivity index (χ0v) is 12.6. The number of nitrogens with zero attached hydrogens (tertiary/aromatic N) is 1. The van der Waals surface area contributed by atoms with Gasteiger partial charge in [0.1, 0.15) is 5.82 Å². The van der Waals surface area contributed by atoms with Crippen molar-refractivity contribution in [3.05, 3.63) is 21.2 Å². The Hall–Kier alpha value is -0.0900. The van der Waals surface area contributed by atoms with Crippen LogP contribution in [0.1, 0.15) is 32.6 Å². The predicted octanol–water partition coefficient (Wildman–Crippen LogP) is 4.60. The Morgan fingerprint density at radius 2 is 2.19 bits per heavy atom. The van der Waals surface area contributed by atoms with Crippen molar-refractivity contribution in [2.45, 2.75) is 32.6 Å². The molecule has 1 fully saturated rings. The summed E-state index contributed by atoms with van der Waals surface area (Å²) < 4.78 is 2.02. The molecule has 88 valence electrons. The Balaban J connectivity index is 1.99. The van der Waals surface area contributed by atoms with Gasteiger partial charge in [-0.05, 0) is 62.6 Å². The second-order valence-corrected chi connectivity index (χ2v) is 6.31. The van der Waals surface area contributed by atoms with Crippen LogP contribution in [0, 0.1) is 5.41 Å². The number of nitrogens with one attached hydrogen (secondary N) is 1. The lowest BCUT2D eigenvalue weighted by atomic mass is 9.67. The van der Waals surface area contributed by atoms with Crippen molar-refractivity contribution in [1.29, 1.82) is 0 Å². The molecule has 1 aromatic rings. The highest BCUT2D eigenvalue weighted by Gasteiger charge is 2.34. The fraction of sp³-hybridized carbons (Fsp3) is 0.583. The Bertz CT molecular complexity index is 370. The first-order valence-electron chi connectivity index (χ1n) is 5.70. The van der Waals surface area contributed by atoms with Gasteiger partial charge in [-0.25, -0.2) is 4.98 Å². The third-order valence-corrected chi connectivity index (χ3v) is 4.64. The van der Waals surface area contributed by atoms with E-state index in [1.807, 2.05) is 12.3 Å². The lowest BCUT2D eigenvalue weighted by Crippen LogP contribution is -2.36. The highest BCUT2D eigenvalue weighted by molar-refractivity contribution is 9.11. The molecule has 2 nitrogen and oxygen atoms in total. The summed E-state index contributed by atoms with van der Waals surface area (Å²) in [6.07, 6.45) is 7.17. The van der Waals surface area contributed by atoms with Gasteiger partial charge in [0.15, 0.2) is 0 Å². The summed E-state index contributed by atoms with van der Waals surface area (Å²) in [6, 6.07) is 2.02. The van der Waals surface area contributed by atoms with Crippen LogP contribution in [0.2, 0.25) is 0 Å². The molecule has 1 aromatic heterocycles. The number of aromatic nitrogens is 1. The minimum atomic E-state index is 0.522. The molecule has 0 atom stereocenters. The number of halogens is 2. The van der Waals surface area contributed by atoms with Gasteiger partial charge in [0.05, 0.1) is 4.47 Å². The van der Waals surface area contributed by atoms with E-state index in [0.717, 1.165) is 21.3 Å². The first kappa shape index (κ1) is 12.4. The normalized spacial score (nSPS) is 17.9. The second kappa shape index (κ2) is 5.05. The van der Waals surface area contributed by atoms with E-state index in [4.69, 9.17) is 0 Å². The highest BCUT2D eigenvalue weighted by atomic mass is 79.9. The van der Waals surface area contributed by atoms with Gasteiger partial charge in [0.2, 0.25) is 0 Å². The summed E-state index contributed by atoms with van der Waals surface area (Å²) in [5.74, 6) is 0.947. The van der Waals surface area contributed by atoms with Crippen molar-refractivity contribution in [3.63, 3.8) is 0 Å². The van der Waals surface area contributed by atoms with Crippen LogP contribution >= 0.6 is 31.9 Å². The van der Waals surface area contributed by atoms with Gasteiger partial charge in [0.25, 0.3) is 0 Å². The van der Waals surface area contributed by atoms with Crippen molar-refractivity contribution in [2.75, 3.05) is 11.9 Å². The topological polar surface area (TPSA) is 24.9 Å². The number of pyridine rings is 1. The van der Waals surface area contributed by atoms with E-state index in [1.54, 1.807) is 0 Å². The Morgan fingerprint density at radius 3 is 2.69 bits per heavy atom. The van der Waals surface area contributed by atoms with Gasteiger partial charge in [-0.15, -0.1) is 0 Å². The quantitative estimate of drug-likeness (QED) is 0.860. The van der Waals surface area contributed by atoms with Crippen molar-refractivity contribution < 1.29 is 0 Å². The SMILES string of the molecule is CCC1(CNc2ncc(Br)cc2Br)CCC1. The van der Waals surface area contributed by atoms with Gasteiger partial charge in [-0.3, -0.25) is 0 Å². The molecular formula is C12H16Br2N2. The fourth-order valence-corrected chi connectivity index (χ4v) is 3.28.